The van der Waals surface area contributed by atoms with E-state index in [2.05, 4.69) is 282 Å². The highest BCUT2D eigenvalue weighted by atomic mass is 15.1. The van der Waals surface area contributed by atoms with Gasteiger partial charge in [-0.05, 0) is 118 Å². The van der Waals surface area contributed by atoms with Crippen molar-refractivity contribution in [2.24, 2.45) is 0 Å². The van der Waals surface area contributed by atoms with Crippen LogP contribution in [0, 0.1) is 0 Å². The predicted octanol–water partition coefficient (Wildman–Crippen LogP) is 18.2. The molecule has 2 heteroatoms. The Balaban J connectivity index is 1.12. The van der Waals surface area contributed by atoms with Crippen molar-refractivity contribution in [1.29, 1.82) is 0 Å². The fourth-order valence-corrected chi connectivity index (χ4v) is 14.0. The Morgan fingerprint density at radius 3 is 1.15 bits per heavy atom. The summed E-state index contributed by atoms with van der Waals surface area (Å²) in [5.41, 5.74) is 24.6. The summed E-state index contributed by atoms with van der Waals surface area (Å²) < 4.78 is 0. The number of rotatable bonds is 5. The lowest BCUT2D eigenvalue weighted by Gasteiger charge is -2.41. The van der Waals surface area contributed by atoms with E-state index in [-0.39, 0.29) is 10.8 Å². The highest BCUT2D eigenvalue weighted by Gasteiger charge is 2.47. The van der Waals surface area contributed by atoms with Gasteiger partial charge in [-0.2, -0.15) is 0 Å². The maximum atomic E-state index is 2.54. The molecular formula is C71H56N2. The maximum absolute atomic E-state index is 2.54. The second-order valence-electron chi connectivity index (χ2n) is 21.6. The smallest absolute Gasteiger partial charge is 0.0713 e. The van der Waals surface area contributed by atoms with Gasteiger partial charge in [0.05, 0.1) is 16.8 Å². The van der Waals surface area contributed by atoms with Crippen LogP contribution in [0.4, 0.5) is 22.7 Å². The lowest BCUT2D eigenvalue weighted by Crippen LogP contribution is -2.31. The summed E-state index contributed by atoms with van der Waals surface area (Å²) >= 11 is 0. The molecular weight excluding hydrogens is 881 g/mol. The third-order valence-electron chi connectivity index (χ3n) is 17.3. The van der Waals surface area contributed by atoms with Crippen molar-refractivity contribution in [3.8, 4) is 44.5 Å². The summed E-state index contributed by atoms with van der Waals surface area (Å²) in [5.74, 6) is 0. The largest absolute Gasteiger partial charge is 0.344 e. The molecule has 0 fully saturated rings. The van der Waals surface area contributed by atoms with Crippen molar-refractivity contribution < 1.29 is 0 Å². The molecule has 0 saturated heterocycles. The summed E-state index contributed by atoms with van der Waals surface area (Å²) in [6.45, 7) is 9.55. The first-order valence-corrected chi connectivity index (χ1v) is 25.9. The molecule has 0 aromatic heterocycles. The fraction of sp³-hybridized carbons (Fsp3) is 0.127. The third-order valence-corrected chi connectivity index (χ3v) is 17.3. The van der Waals surface area contributed by atoms with Gasteiger partial charge in [0.2, 0.25) is 0 Å². The molecule has 0 radical (unpaired) electrons. The van der Waals surface area contributed by atoms with Crippen LogP contribution in [-0.2, 0) is 16.2 Å². The zero-order valence-electron chi connectivity index (χ0n) is 42.3. The molecule has 0 saturated carbocycles. The van der Waals surface area contributed by atoms with Gasteiger partial charge in [0.25, 0.3) is 0 Å². The summed E-state index contributed by atoms with van der Waals surface area (Å²) in [6, 6.07) is 87.2. The average molecular weight is 937 g/mol. The Bertz CT molecular complexity index is 3850. The van der Waals surface area contributed by atoms with Crippen molar-refractivity contribution in [3.05, 3.63) is 275 Å². The molecule has 350 valence electrons. The van der Waals surface area contributed by atoms with Crippen LogP contribution in [-0.4, -0.2) is 14.1 Å². The standard InChI is InChI=1S/C71H56N2/c1-69(2)58-37-15-17-42-63(58)72(5)67-51(33-21-40-61(67)69)47-29-19-31-49-55(47)44-56-48(52-34-22-41-62-68(52)73(6)64-43-18-16-38-59(64)70(62,3)4)30-20-32-50(56)65(49)54-35-23-39-60-66(54)53-28-13-14-36-57(53)71(60,45-24-9-7-10-25-45)46-26-11-8-12-27-46/h7-44H,1-6H3. The first-order valence-electron chi connectivity index (χ1n) is 25.9. The lowest BCUT2D eigenvalue weighted by molar-refractivity contribution is 0.630. The molecule has 1 aliphatic carbocycles. The summed E-state index contributed by atoms with van der Waals surface area (Å²) in [4.78, 5) is 4.88. The van der Waals surface area contributed by atoms with Crippen LogP contribution in [0.15, 0.2) is 231 Å². The van der Waals surface area contributed by atoms with E-state index in [0.29, 0.717) is 0 Å². The molecule has 0 atom stereocenters. The number of para-hydroxylation sites is 4. The van der Waals surface area contributed by atoms with Gasteiger partial charge in [0.15, 0.2) is 0 Å². The van der Waals surface area contributed by atoms with Crippen LogP contribution < -0.4 is 9.80 Å². The van der Waals surface area contributed by atoms with E-state index in [1.54, 1.807) is 0 Å². The highest BCUT2D eigenvalue weighted by molar-refractivity contribution is 6.22. The summed E-state index contributed by atoms with van der Waals surface area (Å²) in [6.07, 6.45) is 0. The number of anilines is 4. The van der Waals surface area contributed by atoms with E-state index >= 15 is 0 Å². The molecule has 0 amide bonds. The van der Waals surface area contributed by atoms with Crippen molar-refractivity contribution in [3.63, 3.8) is 0 Å². The number of hydrogen-bond donors (Lipinski definition) is 0. The Hall–Kier alpha value is -8.46. The average Bonchev–Trinajstić information content (AvgIpc) is 3.74. The molecule has 11 aromatic rings. The SMILES string of the molecule is CN1c2ccccc2C(C)(C)c2cccc(-c3cccc4c(-c5cccc6c5-c5ccccc5C6(c5ccccc5)c5ccccc5)c5cccc(-c6cccc7c6N(C)c6ccccc6C7(C)C)c5cc34)c21. The lowest BCUT2D eigenvalue weighted by atomic mass is 9.67. The highest BCUT2D eigenvalue weighted by Crippen LogP contribution is 2.61. The molecule has 0 bridgehead atoms. The zero-order valence-corrected chi connectivity index (χ0v) is 42.3. The maximum Gasteiger partial charge on any atom is 0.0713 e. The molecule has 2 nitrogen and oxygen atoms in total. The van der Waals surface area contributed by atoms with Gasteiger partial charge in [-0.1, -0.05) is 240 Å². The van der Waals surface area contributed by atoms with Gasteiger partial charge < -0.3 is 9.80 Å². The van der Waals surface area contributed by atoms with E-state index in [1.165, 1.54) is 133 Å². The topological polar surface area (TPSA) is 6.48 Å². The van der Waals surface area contributed by atoms with Crippen molar-refractivity contribution in [2.45, 2.75) is 43.9 Å². The molecule has 0 N–H and O–H groups in total. The van der Waals surface area contributed by atoms with Crippen LogP contribution in [0.3, 0.4) is 0 Å². The van der Waals surface area contributed by atoms with Crippen LogP contribution in [0.1, 0.15) is 72.2 Å². The summed E-state index contributed by atoms with van der Waals surface area (Å²) in [5, 5.41) is 4.95. The zero-order chi connectivity index (χ0) is 49.4. The Morgan fingerprint density at radius 1 is 0.274 bits per heavy atom. The molecule has 2 heterocycles. The van der Waals surface area contributed by atoms with Crippen LogP contribution in [0.25, 0.3) is 66.1 Å². The van der Waals surface area contributed by atoms with Crippen molar-refractivity contribution in [2.75, 3.05) is 23.9 Å². The van der Waals surface area contributed by atoms with E-state index in [4.69, 9.17) is 0 Å². The van der Waals surface area contributed by atoms with Gasteiger partial charge >= 0.3 is 0 Å². The van der Waals surface area contributed by atoms with Crippen LogP contribution in [0.5, 0.6) is 0 Å². The minimum atomic E-state index is -0.533. The monoisotopic (exact) mass is 936 g/mol. The normalized spacial score (nSPS) is 15.3. The Kier molecular flexibility index (Phi) is 9.36. The second-order valence-corrected chi connectivity index (χ2v) is 21.6. The van der Waals surface area contributed by atoms with Gasteiger partial charge in [0.1, 0.15) is 0 Å². The molecule has 14 rings (SSSR count). The van der Waals surface area contributed by atoms with Crippen molar-refractivity contribution >= 4 is 44.3 Å². The molecule has 3 aliphatic rings. The Morgan fingerprint density at radius 2 is 0.644 bits per heavy atom. The molecule has 0 spiro atoms. The van der Waals surface area contributed by atoms with Crippen LogP contribution in [0.2, 0.25) is 0 Å². The van der Waals surface area contributed by atoms with E-state index in [1.807, 2.05) is 0 Å². The first-order chi connectivity index (χ1) is 35.6. The predicted molar refractivity (Wildman–Crippen MR) is 308 cm³/mol. The molecule has 2 aliphatic heterocycles. The third kappa shape index (κ3) is 5.87. The molecule has 73 heavy (non-hydrogen) atoms. The van der Waals surface area contributed by atoms with Crippen molar-refractivity contribution in [1.82, 2.24) is 0 Å². The summed E-state index contributed by atoms with van der Waals surface area (Å²) in [7, 11) is 4.51. The van der Waals surface area contributed by atoms with Gasteiger partial charge in [-0.15, -0.1) is 0 Å². The first kappa shape index (κ1) is 43.3. The van der Waals surface area contributed by atoms with E-state index in [9.17, 15) is 0 Å². The number of nitrogens with zero attached hydrogens (tertiary/aromatic N) is 2. The quantitative estimate of drug-likeness (QED) is 0.159. The van der Waals surface area contributed by atoms with E-state index < -0.39 is 5.41 Å². The number of hydrogen-bond acceptors (Lipinski definition) is 2. The van der Waals surface area contributed by atoms with E-state index in [0.717, 1.165) is 0 Å². The minimum Gasteiger partial charge on any atom is -0.344 e. The molecule has 0 unspecified atom stereocenters. The minimum absolute atomic E-state index is 0.198. The van der Waals surface area contributed by atoms with Crippen LogP contribution >= 0.6 is 0 Å². The van der Waals surface area contributed by atoms with Gasteiger partial charge in [0, 0.05) is 47.4 Å². The second kappa shape index (κ2) is 15.8. The number of benzene rings is 11. The fourth-order valence-electron chi connectivity index (χ4n) is 14.0. The van der Waals surface area contributed by atoms with Gasteiger partial charge in [-0.25, -0.2) is 0 Å². The van der Waals surface area contributed by atoms with Gasteiger partial charge in [-0.3, -0.25) is 0 Å². The molecule has 11 aromatic carbocycles. The number of fused-ring (bicyclic) bond motifs is 9. The Labute approximate surface area is 429 Å².